The van der Waals surface area contributed by atoms with Crippen LogP contribution < -0.4 is 0 Å². The zero-order valence-electron chi connectivity index (χ0n) is 10.9. The van der Waals surface area contributed by atoms with E-state index in [9.17, 15) is 10.2 Å². The summed E-state index contributed by atoms with van der Waals surface area (Å²) in [6.07, 6.45) is -1.67. The van der Waals surface area contributed by atoms with Crippen LogP contribution in [0.1, 0.15) is 0 Å². The second-order valence-corrected chi connectivity index (χ2v) is 4.17. The number of halogens is 1. The first kappa shape index (κ1) is 18.0. The van der Waals surface area contributed by atoms with Gasteiger partial charge in [-0.25, -0.2) is 0 Å². The lowest BCUT2D eigenvalue weighted by Gasteiger charge is -2.18. The van der Waals surface area contributed by atoms with Crippen LogP contribution in [0.3, 0.4) is 0 Å². The van der Waals surface area contributed by atoms with Crippen molar-refractivity contribution in [1.29, 1.82) is 0 Å². The van der Waals surface area contributed by atoms with E-state index in [2.05, 4.69) is 0 Å². The average molecular weight is 287 g/mol. The molecule has 0 spiro atoms. The van der Waals surface area contributed by atoms with Gasteiger partial charge in [0.15, 0.2) is 0 Å². The van der Waals surface area contributed by atoms with Crippen LogP contribution in [0.2, 0.25) is 0 Å². The Bertz CT molecular complexity index is 183. The smallest absolute Gasteiger partial charge is 0.101 e. The van der Waals surface area contributed by atoms with Gasteiger partial charge in [0.2, 0.25) is 0 Å². The maximum atomic E-state index is 9.39. The Morgan fingerprint density at radius 1 is 0.889 bits per heavy atom. The molecule has 2 N–H and O–H groups in total. The van der Waals surface area contributed by atoms with E-state index < -0.39 is 12.2 Å². The van der Waals surface area contributed by atoms with E-state index >= 15 is 0 Å². The first-order valence-electron chi connectivity index (χ1n) is 5.73. The molecular weight excluding hydrogens is 264 g/mol. The molecule has 0 aromatic heterocycles. The topological polar surface area (TPSA) is 77.4 Å². The van der Waals surface area contributed by atoms with Gasteiger partial charge in [-0.15, -0.1) is 11.6 Å². The van der Waals surface area contributed by atoms with E-state index in [0.717, 1.165) is 0 Å². The summed E-state index contributed by atoms with van der Waals surface area (Å²) in [6.45, 7) is 0.978. The molecule has 18 heavy (non-hydrogen) atoms. The van der Waals surface area contributed by atoms with Crippen molar-refractivity contribution < 1.29 is 29.2 Å². The highest BCUT2D eigenvalue weighted by Crippen LogP contribution is 2.00. The first-order chi connectivity index (χ1) is 8.63. The number of ether oxygens (including phenoxy) is 4. The highest BCUT2D eigenvalue weighted by atomic mass is 35.5. The van der Waals surface area contributed by atoms with Crippen molar-refractivity contribution in [3.8, 4) is 0 Å². The van der Waals surface area contributed by atoms with Gasteiger partial charge in [0.25, 0.3) is 0 Å². The minimum Gasteiger partial charge on any atom is -0.388 e. The monoisotopic (exact) mass is 286 g/mol. The molecule has 0 rings (SSSR count). The third-order valence-electron chi connectivity index (χ3n) is 2.03. The molecule has 0 bridgehead atoms. The van der Waals surface area contributed by atoms with Crippen molar-refractivity contribution in [1.82, 2.24) is 0 Å². The van der Waals surface area contributed by atoms with E-state index in [1.54, 1.807) is 0 Å². The van der Waals surface area contributed by atoms with Crippen LogP contribution in [0.5, 0.6) is 0 Å². The highest BCUT2D eigenvalue weighted by molar-refractivity contribution is 6.18. The van der Waals surface area contributed by atoms with Crippen molar-refractivity contribution in [2.45, 2.75) is 18.3 Å². The van der Waals surface area contributed by atoms with Crippen LogP contribution in [0.25, 0.3) is 0 Å². The van der Waals surface area contributed by atoms with E-state index in [-0.39, 0.29) is 45.0 Å². The van der Waals surface area contributed by atoms with Gasteiger partial charge in [0.1, 0.15) is 12.2 Å². The van der Waals surface area contributed by atoms with Gasteiger partial charge < -0.3 is 29.2 Å². The second-order valence-electron chi connectivity index (χ2n) is 3.87. The third kappa shape index (κ3) is 10.0. The molecule has 0 saturated carbocycles. The number of aliphatic hydroxyl groups is 2. The molecule has 6 nitrogen and oxygen atoms in total. The van der Waals surface area contributed by atoms with Gasteiger partial charge >= 0.3 is 0 Å². The molecule has 0 aromatic rings. The van der Waals surface area contributed by atoms with E-state index in [4.69, 9.17) is 30.5 Å². The van der Waals surface area contributed by atoms with E-state index in [0.29, 0.717) is 0 Å². The summed E-state index contributed by atoms with van der Waals surface area (Å²) in [4.78, 5) is 0. The van der Waals surface area contributed by atoms with Crippen molar-refractivity contribution in [3.05, 3.63) is 0 Å². The number of aliphatic hydroxyl groups excluding tert-OH is 2. The molecule has 0 aromatic carbocycles. The lowest BCUT2D eigenvalue weighted by molar-refractivity contribution is -0.0707. The molecule has 3 unspecified atom stereocenters. The fourth-order valence-electron chi connectivity index (χ4n) is 1.20. The molecule has 0 radical (unpaired) electrons. The Kier molecular flexibility index (Phi) is 12.1. The fraction of sp³-hybridized carbons (Fsp3) is 1.00. The standard InChI is InChI=1S/C11H23ClO6/c1-15-4-9(13)6-17-8-11(3-12)18-7-10(14)5-16-2/h9-11,13-14H,3-8H2,1-2H3. The van der Waals surface area contributed by atoms with Gasteiger partial charge in [0.05, 0.1) is 45.0 Å². The van der Waals surface area contributed by atoms with Gasteiger partial charge in [-0.05, 0) is 0 Å². The van der Waals surface area contributed by atoms with Gasteiger partial charge in [-0.3, -0.25) is 0 Å². The molecule has 0 fully saturated rings. The SMILES string of the molecule is COCC(O)COCC(CCl)OCC(O)COC. The van der Waals surface area contributed by atoms with Crippen molar-refractivity contribution in [3.63, 3.8) is 0 Å². The predicted molar refractivity (Wildman–Crippen MR) is 67.0 cm³/mol. The summed E-state index contributed by atoms with van der Waals surface area (Å²) in [5.41, 5.74) is 0. The van der Waals surface area contributed by atoms with Crippen LogP contribution in [0.4, 0.5) is 0 Å². The van der Waals surface area contributed by atoms with Gasteiger partial charge in [-0.1, -0.05) is 0 Å². The molecule has 0 amide bonds. The molecule has 0 heterocycles. The molecule has 0 aliphatic heterocycles. The van der Waals surface area contributed by atoms with Gasteiger partial charge in [0, 0.05) is 14.2 Å². The normalized spacial score (nSPS) is 16.5. The van der Waals surface area contributed by atoms with Crippen molar-refractivity contribution in [2.75, 3.05) is 53.1 Å². The molecule has 0 aliphatic rings. The zero-order chi connectivity index (χ0) is 13.8. The molecule has 0 saturated heterocycles. The maximum absolute atomic E-state index is 9.39. The summed E-state index contributed by atoms with van der Waals surface area (Å²) < 4.78 is 20.1. The van der Waals surface area contributed by atoms with Crippen LogP contribution in [0.15, 0.2) is 0 Å². The molecule has 110 valence electrons. The minimum atomic E-state index is -0.681. The Morgan fingerprint density at radius 2 is 1.44 bits per heavy atom. The lowest BCUT2D eigenvalue weighted by atomic mass is 10.3. The summed E-state index contributed by atoms with van der Waals surface area (Å²) in [5.74, 6) is 0.250. The predicted octanol–water partition coefficient (Wildman–Crippen LogP) is -0.358. The van der Waals surface area contributed by atoms with Crippen molar-refractivity contribution >= 4 is 11.6 Å². The summed E-state index contributed by atoms with van der Waals surface area (Å²) in [7, 11) is 3.01. The Labute approximate surface area is 113 Å². The number of alkyl halides is 1. The molecule has 3 atom stereocenters. The van der Waals surface area contributed by atoms with Crippen LogP contribution in [-0.4, -0.2) is 81.7 Å². The van der Waals surface area contributed by atoms with Crippen LogP contribution in [0, 0.1) is 0 Å². The summed E-state index contributed by atoms with van der Waals surface area (Å²) in [5, 5.41) is 18.7. The Morgan fingerprint density at radius 3 is 1.94 bits per heavy atom. The molecule has 0 aliphatic carbocycles. The lowest BCUT2D eigenvalue weighted by Crippen LogP contribution is -2.30. The summed E-state index contributed by atoms with van der Waals surface area (Å²) in [6, 6.07) is 0. The first-order valence-corrected chi connectivity index (χ1v) is 6.26. The zero-order valence-corrected chi connectivity index (χ0v) is 11.6. The Balaban J connectivity index is 3.63. The highest BCUT2D eigenvalue weighted by Gasteiger charge is 2.12. The quantitative estimate of drug-likeness (QED) is 0.477. The minimum absolute atomic E-state index is 0.134. The van der Waals surface area contributed by atoms with E-state index in [1.807, 2.05) is 0 Å². The maximum Gasteiger partial charge on any atom is 0.101 e. The number of hydrogen-bond donors (Lipinski definition) is 2. The fourth-order valence-corrected chi connectivity index (χ4v) is 1.38. The van der Waals surface area contributed by atoms with Crippen LogP contribution >= 0.6 is 11.6 Å². The van der Waals surface area contributed by atoms with Crippen LogP contribution in [-0.2, 0) is 18.9 Å². The number of rotatable bonds is 12. The second kappa shape index (κ2) is 12.1. The number of methoxy groups -OCH3 is 2. The number of hydrogen-bond acceptors (Lipinski definition) is 6. The average Bonchev–Trinajstić information content (AvgIpc) is 2.34. The Hall–Kier alpha value is 0.0500. The molecule has 7 heteroatoms. The van der Waals surface area contributed by atoms with Crippen molar-refractivity contribution in [2.24, 2.45) is 0 Å². The van der Waals surface area contributed by atoms with E-state index in [1.165, 1.54) is 14.2 Å². The third-order valence-corrected chi connectivity index (χ3v) is 2.37. The largest absolute Gasteiger partial charge is 0.388 e. The molecular formula is C11H23ClO6. The summed E-state index contributed by atoms with van der Waals surface area (Å²) >= 11 is 5.70. The van der Waals surface area contributed by atoms with Gasteiger partial charge in [-0.2, -0.15) is 0 Å².